The van der Waals surface area contributed by atoms with E-state index in [0.717, 1.165) is 0 Å². The summed E-state index contributed by atoms with van der Waals surface area (Å²) in [4.78, 5) is 29.8. The number of aromatic nitrogens is 1. The van der Waals surface area contributed by atoms with Gasteiger partial charge in [-0.15, -0.1) is 0 Å². The number of esters is 1. The molecule has 0 atom stereocenters. The number of amides is 1. The molecule has 10 heteroatoms. The monoisotopic (exact) mass is 478 g/mol. The normalized spacial score (nSPS) is 15.4. The van der Waals surface area contributed by atoms with Crippen LogP contribution in [0.5, 0.6) is 0 Å². The first-order valence-electron chi connectivity index (χ1n) is 10.7. The van der Waals surface area contributed by atoms with Gasteiger partial charge in [-0.2, -0.15) is 0 Å². The average Bonchev–Trinajstić information content (AvgIpc) is 3.11. The summed E-state index contributed by atoms with van der Waals surface area (Å²) >= 11 is 0. The molecule has 180 valence electrons. The zero-order valence-electron chi connectivity index (χ0n) is 19.6. The summed E-state index contributed by atoms with van der Waals surface area (Å²) < 4.78 is 41.8. The van der Waals surface area contributed by atoms with E-state index in [-0.39, 0.29) is 11.6 Å². The molecule has 2 aromatic rings. The number of carbonyl (C=O) groups is 2. The van der Waals surface area contributed by atoms with Crippen molar-refractivity contribution < 1.29 is 31.9 Å². The van der Waals surface area contributed by atoms with Gasteiger partial charge in [-0.25, -0.2) is 23.0 Å². The van der Waals surface area contributed by atoms with Crippen molar-refractivity contribution in [1.82, 2.24) is 9.88 Å². The number of aryl methyl sites for hydroxylation is 1. The Labute approximate surface area is 194 Å². The fourth-order valence-electron chi connectivity index (χ4n) is 3.58. The first-order valence-corrected chi connectivity index (χ1v) is 12.5. The Balaban J connectivity index is 1.66. The number of oxazole rings is 1. The standard InChI is InChI=1S/C23H30N2O7S/c1-15-19(24-20(31-15)16-6-8-17(9-7-16)21(26)30-5)14-33(28,29)18-10-12-25(13-11-18)22(27)32-23(2,3)4/h6-9,18H,10-14H2,1-5H3. The molecule has 3 rings (SSSR count). The van der Waals surface area contributed by atoms with Gasteiger partial charge in [0.25, 0.3) is 0 Å². The Hall–Kier alpha value is -2.88. The highest BCUT2D eigenvalue weighted by molar-refractivity contribution is 7.91. The van der Waals surface area contributed by atoms with Gasteiger partial charge >= 0.3 is 12.1 Å². The van der Waals surface area contributed by atoms with Gasteiger partial charge in [-0.05, 0) is 64.8 Å². The molecule has 1 aromatic heterocycles. The highest BCUT2D eigenvalue weighted by Gasteiger charge is 2.34. The number of hydrogen-bond acceptors (Lipinski definition) is 8. The molecular weight excluding hydrogens is 448 g/mol. The van der Waals surface area contributed by atoms with Crippen molar-refractivity contribution in [3.8, 4) is 11.5 Å². The van der Waals surface area contributed by atoms with E-state index in [1.165, 1.54) is 7.11 Å². The molecule has 1 aliphatic rings. The molecule has 0 unspecified atom stereocenters. The molecule has 33 heavy (non-hydrogen) atoms. The van der Waals surface area contributed by atoms with E-state index in [9.17, 15) is 18.0 Å². The molecule has 1 aliphatic heterocycles. The molecule has 9 nitrogen and oxygen atoms in total. The molecule has 0 radical (unpaired) electrons. The number of carbonyl (C=O) groups excluding carboxylic acids is 2. The molecule has 2 heterocycles. The minimum Gasteiger partial charge on any atom is -0.465 e. The van der Waals surface area contributed by atoms with Crippen molar-refractivity contribution in [2.45, 2.75) is 57.1 Å². The Morgan fingerprint density at radius 1 is 1.15 bits per heavy atom. The summed E-state index contributed by atoms with van der Waals surface area (Å²) in [5.41, 5.74) is 0.781. The van der Waals surface area contributed by atoms with Gasteiger partial charge in [0, 0.05) is 18.7 Å². The van der Waals surface area contributed by atoms with Gasteiger partial charge in [-0.1, -0.05) is 0 Å². The molecule has 0 bridgehead atoms. The lowest BCUT2D eigenvalue weighted by atomic mass is 10.1. The second kappa shape index (κ2) is 9.54. The van der Waals surface area contributed by atoms with E-state index in [1.54, 1.807) is 56.9 Å². The first kappa shape index (κ1) is 24.8. The number of nitrogens with zero attached hydrogens (tertiary/aromatic N) is 2. The topological polar surface area (TPSA) is 116 Å². The molecule has 0 saturated carbocycles. The number of ether oxygens (including phenoxy) is 2. The van der Waals surface area contributed by atoms with E-state index < -0.39 is 32.8 Å². The first-order chi connectivity index (χ1) is 15.4. The maximum absolute atomic E-state index is 13.0. The number of piperidine rings is 1. The number of methoxy groups -OCH3 is 1. The Morgan fingerprint density at radius 2 is 1.76 bits per heavy atom. The number of benzene rings is 1. The fraction of sp³-hybridized carbons (Fsp3) is 0.522. The van der Waals surface area contributed by atoms with Crippen LogP contribution in [-0.4, -0.2) is 61.4 Å². The summed E-state index contributed by atoms with van der Waals surface area (Å²) in [5, 5.41) is -0.560. The predicted octanol–water partition coefficient (Wildman–Crippen LogP) is 3.75. The van der Waals surface area contributed by atoms with Crippen LogP contribution in [0.3, 0.4) is 0 Å². The van der Waals surface area contributed by atoms with Gasteiger partial charge in [0.05, 0.1) is 29.4 Å². The lowest BCUT2D eigenvalue weighted by molar-refractivity contribution is 0.0217. The van der Waals surface area contributed by atoms with Crippen molar-refractivity contribution in [2.75, 3.05) is 20.2 Å². The number of hydrogen-bond donors (Lipinski definition) is 0. The van der Waals surface area contributed by atoms with Crippen LogP contribution in [0.2, 0.25) is 0 Å². The van der Waals surface area contributed by atoms with Crippen molar-refractivity contribution in [1.29, 1.82) is 0 Å². The summed E-state index contributed by atoms with van der Waals surface area (Å²) in [6.45, 7) is 7.72. The molecule has 1 fully saturated rings. The van der Waals surface area contributed by atoms with Crippen LogP contribution in [0, 0.1) is 6.92 Å². The highest BCUT2D eigenvalue weighted by Crippen LogP contribution is 2.27. The van der Waals surface area contributed by atoms with Crippen LogP contribution < -0.4 is 0 Å². The molecule has 1 amide bonds. The minimum absolute atomic E-state index is 0.236. The van der Waals surface area contributed by atoms with Gasteiger partial charge in [-0.3, -0.25) is 0 Å². The zero-order chi connectivity index (χ0) is 24.4. The van der Waals surface area contributed by atoms with Crippen LogP contribution in [0.4, 0.5) is 4.79 Å². The van der Waals surface area contributed by atoms with Crippen LogP contribution in [0.1, 0.15) is 55.4 Å². The van der Waals surface area contributed by atoms with E-state index in [2.05, 4.69) is 9.72 Å². The lowest BCUT2D eigenvalue weighted by Crippen LogP contribution is -2.44. The van der Waals surface area contributed by atoms with Crippen LogP contribution in [0.15, 0.2) is 28.7 Å². The predicted molar refractivity (Wildman–Crippen MR) is 121 cm³/mol. The third-order valence-corrected chi connectivity index (χ3v) is 7.55. The summed E-state index contributed by atoms with van der Waals surface area (Å²) in [5.74, 6) is 0.0277. The van der Waals surface area contributed by atoms with Crippen LogP contribution in [0.25, 0.3) is 11.5 Å². The van der Waals surface area contributed by atoms with Gasteiger partial charge in [0.2, 0.25) is 5.89 Å². The van der Waals surface area contributed by atoms with Crippen LogP contribution >= 0.6 is 0 Å². The number of sulfone groups is 1. The van der Waals surface area contributed by atoms with E-state index in [4.69, 9.17) is 9.15 Å². The SMILES string of the molecule is COC(=O)c1ccc(-c2nc(CS(=O)(=O)C3CCN(C(=O)OC(C)(C)C)CC3)c(C)o2)cc1. The van der Waals surface area contributed by atoms with E-state index in [0.29, 0.717) is 48.5 Å². The Kier molecular flexibility index (Phi) is 7.16. The molecule has 0 spiro atoms. The molecule has 0 aliphatic carbocycles. The summed E-state index contributed by atoms with van der Waals surface area (Å²) in [6.07, 6.45) is 0.272. The summed E-state index contributed by atoms with van der Waals surface area (Å²) in [7, 11) is -2.19. The van der Waals surface area contributed by atoms with Crippen molar-refractivity contribution in [3.63, 3.8) is 0 Å². The minimum atomic E-state index is -3.50. The van der Waals surface area contributed by atoms with Crippen molar-refractivity contribution in [2.24, 2.45) is 0 Å². The van der Waals surface area contributed by atoms with Gasteiger partial charge in [0.1, 0.15) is 11.4 Å². The third kappa shape index (κ3) is 6.13. The summed E-state index contributed by atoms with van der Waals surface area (Å²) in [6, 6.07) is 6.52. The van der Waals surface area contributed by atoms with Gasteiger partial charge < -0.3 is 18.8 Å². The van der Waals surface area contributed by atoms with Crippen LogP contribution in [-0.2, 0) is 25.1 Å². The second-order valence-electron chi connectivity index (χ2n) is 9.06. The smallest absolute Gasteiger partial charge is 0.410 e. The number of rotatable bonds is 5. The molecule has 0 N–H and O–H groups in total. The van der Waals surface area contributed by atoms with E-state index in [1.807, 2.05) is 0 Å². The quantitative estimate of drug-likeness (QED) is 0.597. The fourth-order valence-corrected chi connectivity index (χ4v) is 5.40. The van der Waals surface area contributed by atoms with E-state index >= 15 is 0 Å². The van der Waals surface area contributed by atoms with Crippen molar-refractivity contribution >= 4 is 21.9 Å². The lowest BCUT2D eigenvalue weighted by Gasteiger charge is -2.33. The van der Waals surface area contributed by atoms with Crippen molar-refractivity contribution in [3.05, 3.63) is 41.3 Å². The molecule has 1 aromatic carbocycles. The zero-order valence-corrected chi connectivity index (χ0v) is 20.4. The number of likely N-dealkylation sites (tertiary alicyclic amines) is 1. The molecule has 1 saturated heterocycles. The maximum atomic E-state index is 13.0. The third-order valence-electron chi connectivity index (χ3n) is 5.39. The largest absolute Gasteiger partial charge is 0.465 e. The second-order valence-corrected chi connectivity index (χ2v) is 11.3. The maximum Gasteiger partial charge on any atom is 0.410 e. The molecular formula is C23H30N2O7S. The van der Waals surface area contributed by atoms with Gasteiger partial charge in [0.15, 0.2) is 9.84 Å². The highest BCUT2D eigenvalue weighted by atomic mass is 32.2. The Bertz CT molecular complexity index is 1110. The Morgan fingerprint density at radius 3 is 2.30 bits per heavy atom. The average molecular weight is 479 g/mol.